The molecule has 6 nitrogen and oxygen atoms in total. The Morgan fingerprint density at radius 2 is 1.80 bits per heavy atom. The van der Waals surface area contributed by atoms with Crippen molar-refractivity contribution >= 4 is 45.7 Å². The average Bonchev–Trinajstić information content (AvgIpc) is 3.10. The lowest BCUT2D eigenvalue weighted by Gasteiger charge is -2.13. The fourth-order valence-electron chi connectivity index (χ4n) is 3.48. The molecule has 4 aromatic rings. The summed E-state index contributed by atoms with van der Waals surface area (Å²) < 4.78 is 2.02. The summed E-state index contributed by atoms with van der Waals surface area (Å²) in [4.78, 5) is 24.3. The van der Waals surface area contributed by atoms with E-state index in [0.717, 1.165) is 27.7 Å². The Hall–Kier alpha value is -3.19. The maximum atomic E-state index is 12.8. The molecule has 0 spiro atoms. The van der Waals surface area contributed by atoms with Gasteiger partial charge in [0.05, 0.1) is 10.8 Å². The lowest BCUT2D eigenvalue weighted by atomic mass is 10.1. The number of thioether (sulfide) groups is 1. The summed E-state index contributed by atoms with van der Waals surface area (Å²) in [5.41, 5.74) is 5.25. The van der Waals surface area contributed by atoms with Crippen LogP contribution < -0.4 is 5.32 Å². The number of benzene rings is 2. The fraction of sp³-hybridized carbons (Fsp3) is 0.217. The zero-order chi connectivity index (χ0) is 21.4. The van der Waals surface area contributed by atoms with E-state index in [0.29, 0.717) is 16.4 Å². The number of amides is 1. The Balaban J connectivity index is 1.63. The van der Waals surface area contributed by atoms with Crippen LogP contribution in [0.25, 0.3) is 16.6 Å². The molecule has 2 heterocycles. The van der Waals surface area contributed by atoms with Gasteiger partial charge in [-0.2, -0.15) is 0 Å². The van der Waals surface area contributed by atoms with Gasteiger partial charge in [0.2, 0.25) is 5.91 Å². The van der Waals surface area contributed by atoms with Crippen LogP contribution in [0.4, 0.5) is 5.69 Å². The molecule has 2 aromatic carbocycles. The first-order valence-corrected chi connectivity index (χ1v) is 10.6. The van der Waals surface area contributed by atoms with Crippen molar-refractivity contribution in [3.8, 4) is 0 Å². The van der Waals surface area contributed by atoms with Crippen molar-refractivity contribution < 1.29 is 9.59 Å². The molecule has 0 aliphatic carbocycles. The Bertz CT molecular complexity index is 1300. The summed E-state index contributed by atoms with van der Waals surface area (Å²) in [6.45, 7) is 7.46. The molecule has 0 fully saturated rings. The monoisotopic (exact) mass is 418 g/mol. The summed E-state index contributed by atoms with van der Waals surface area (Å²) in [5, 5.41) is 13.0. The average molecular weight is 419 g/mol. The molecular formula is C23H22N4O2S. The SMILES string of the molecule is CC(=O)c1cccc(NC(=O)C(C)Sc2nnc3cc(C)c4cccc(C)c4n23)c1. The van der Waals surface area contributed by atoms with Gasteiger partial charge in [-0.1, -0.05) is 42.1 Å². The topological polar surface area (TPSA) is 76.4 Å². The Morgan fingerprint density at radius 1 is 1.03 bits per heavy atom. The number of ketones is 1. The van der Waals surface area contributed by atoms with Gasteiger partial charge in [-0.05, 0) is 57.0 Å². The number of Topliss-reactive ketones (excluding diaryl/α,β-unsaturated/α-hetero) is 1. The molecule has 1 atom stereocenters. The van der Waals surface area contributed by atoms with Crippen LogP contribution in [0.5, 0.6) is 0 Å². The van der Waals surface area contributed by atoms with E-state index in [1.54, 1.807) is 24.3 Å². The van der Waals surface area contributed by atoms with Crippen molar-refractivity contribution in [2.45, 2.75) is 38.1 Å². The van der Waals surface area contributed by atoms with E-state index in [1.165, 1.54) is 18.7 Å². The number of aryl methyl sites for hydroxylation is 2. The number of aromatic nitrogens is 3. The van der Waals surface area contributed by atoms with Crippen LogP contribution in [0.1, 0.15) is 35.3 Å². The maximum Gasteiger partial charge on any atom is 0.237 e. The molecule has 30 heavy (non-hydrogen) atoms. The van der Waals surface area contributed by atoms with Crippen LogP contribution in [-0.4, -0.2) is 31.5 Å². The van der Waals surface area contributed by atoms with Gasteiger partial charge in [0, 0.05) is 16.6 Å². The highest BCUT2D eigenvalue weighted by molar-refractivity contribution is 8.00. The highest BCUT2D eigenvalue weighted by Crippen LogP contribution is 2.30. The first-order chi connectivity index (χ1) is 14.3. The zero-order valence-electron chi connectivity index (χ0n) is 17.3. The smallest absolute Gasteiger partial charge is 0.237 e. The van der Waals surface area contributed by atoms with Gasteiger partial charge >= 0.3 is 0 Å². The molecule has 1 N–H and O–H groups in total. The van der Waals surface area contributed by atoms with Crippen molar-refractivity contribution in [3.63, 3.8) is 0 Å². The molecule has 0 bridgehead atoms. The number of carbonyl (C=O) groups is 2. The lowest BCUT2D eigenvalue weighted by Crippen LogP contribution is -2.22. The third kappa shape index (κ3) is 3.68. The molecule has 4 rings (SSSR count). The van der Waals surface area contributed by atoms with Gasteiger partial charge < -0.3 is 5.32 Å². The molecule has 0 saturated heterocycles. The molecular weight excluding hydrogens is 396 g/mol. The quantitative estimate of drug-likeness (QED) is 0.371. The third-order valence-corrected chi connectivity index (χ3v) is 6.12. The molecule has 1 amide bonds. The first-order valence-electron chi connectivity index (χ1n) is 9.67. The normalized spacial score (nSPS) is 12.3. The third-order valence-electron chi connectivity index (χ3n) is 5.08. The van der Waals surface area contributed by atoms with E-state index in [9.17, 15) is 9.59 Å². The highest BCUT2D eigenvalue weighted by Gasteiger charge is 2.20. The van der Waals surface area contributed by atoms with Crippen LogP contribution in [0.3, 0.4) is 0 Å². The van der Waals surface area contributed by atoms with Crippen molar-refractivity contribution in [2.24, 2.45) is 0 Å². The van der Waals surface area contributed by atoms with E-state index in [1.807, 2.05) is 23.5 Å². The second-order valence-corrected chi connectivity index (χ2v) is 8.67. The number of hydrogen-bond donors (Lipinski definition) is 1. The van der Waals surface area contributed by atoms with Gasteiger partial charge in [0.25, 0.3) is 0 Å². The largest absolute Gasteiger partial charge is 0.325 e. The molecule has 2 aromatic heterocycles. The predicted molar refractivity (Wildman–Crippen MR) is 120 cm³/mol. The van der Waals surface area contributed by atoms with E-state index < -0.39 is 5.25 Å². The molecule has 0 radical (unpaired) electrons. The van der Waals surface area contributed by atoms with Gasteiger partial charge in [-0.25, -0.2) is 0 Å². The number of anilines is 1. The minimum Gasteiger partial charge on any atom is -0.325 e. The number of nitrogens with zero attached hydrogens (tertiary/aromatic N) is 3. The van der Waals surface area contributed by atoms with E-state index >= 15 is 0 Å². The number of carbonyl (C=O) groups excluding carboxylic acids is 2. The molecule has 0 aliphatic rings. The second-order valence-electron chi connectivity index (χ2n) is 7.36. The minimum absolute atomic E-state index is 0.0407. The van der Waals surface area contributed by atoms with Gasteiger partial charge in [-0.3, -0.25) is 14.0 Å². The molecule has 0 saturated carbocycles. The Labute approximate surface area is 178 Å². The van der Waals surface area contributed by atoms with Crippen LogP contribution in [-0.2, 0) is 4.79 Å². The maximum absolute atomic E-state index is 12.8. The molecule has 7 heteroatoms. The van der Waals surface area contributed by atoms with Crippen LogP contribution in [0, 0.1) is 13.8 Å². The Kier molecular flexibility index (Phi) is 5.30. The lowest BCUT2D eigenvalue weighted by molar-refractivity contribution is -0.115. The Morgan fingerprint density at radius 3 is 2.57 bits per heavy atom. The van der Waals surface area contributed by atoms with Crippen LogP contribution >= 0.6 is 11.8 Å². The molecule has 1 unspecified atom stereocenters. The van der Waals surface area contributed by atoms with E-state index in [2.05, 4.69) is 41.5 Å². The highest BCUT2D eigenvalue weighted by atomic mass is 32.2. The fourth-order valence-corrected chi connectivity index (χ4v) is 4.34. The number of fused-ring (bicyclic) bond motifs is 3. The van der Waals surface area contributed by atoms with Gasteiger partial charge in [-0.15, -0.1) is 10.2 Å². The van der Waals surface area contributed by atoms with Gasteiger partial charge in [0.15, 0.2) is 16.6 Å². The van der Waals surface area contributed by atoms with Crippen LogP contribution in [0.2, 0.25) is 0 Å². The summed E-state index contributed by atoms with van der Waals surface area (Å²) in [5.74, 6) is -0.202. The number of para-hydroxylation sites is 1. The van der Waals surface area contributed by atoms with E-state index in [4.69, 9.17) is 0 Å². The number of pyridine rings is 1. The first kappa shape index (κ1) is 20.1. The zero-order valence-corrected chi connectivity index (χ0v) is 18.1. The summed E-state index contributed by atoms with van der Waals surface area (Å²) in [7, 11) is 0. The summed E-state index contributed by atoms with van der Waals surface area (Å²) >= 11 is 1.36. The number of nitrogens with one attached hydrogen (secondary N) is 1. The second kappa shape index (κ2) is 7.91. The number of hydrogen-bond acceptors (Lipinski definition) is 5. The molecule has 152 valence electrons. The summed E-state index contributed by atoms with van der Waals surface area (Å²) in [6.07, 6.45) is 0. The van der Waals surface area contributed by atoms with Crippen molar-refractivity contribution in [1.82, 2.24) is 14.6 Å². The standard InChI is InChI=1S/C23H22N4O2S/c1-13-7-5-10-19-14(2)11-20-25-26-23(27(20)21(13)19)30-16(4)22(29)24-18-9-6-8-17(12-18)15(3)28/h5-12,16H,1-4H3,(H,24,29). The predicted octanol–water partition coefficient (Wildman–Crippen LogP) is 4.82. The van der Waals surface area contributed by atoms with Crippen molar-refractivity contribution in [3.05, 3.63) is 65.2 Å². The molecule has 0 aliphatic heterocycles. The van der Waals surface area contributed by atoms with Gasteiger partial charge in [0.1, 0.15) is 0 Å². The number of rotatable bonds is 5. The van der Waals surface area contributed by atoms with Crippen LogP contribution in [0.15, 0.2) is 53.7 Å². The summed E-state index contributed by atoms with van der Waals surface area (Å²) in [6, 6.07) is 15.1. The van der Waals surface area contributed by atoms with Crippen molar-refractivity contribution in [1.29, 1.82) is 0 Å². The van der Waals surface area contributed by atoms with E-state index in [-0.39, 0.29) is 11.7 Å². The van der Waals surface area contributed by atoms with Crippen molar-refractivity contribution in [2.75, 3.05) is 5.32 Å². The minimum atomic E-state index is -0.404.